The van der Waals surface area contributed by atoms with Gasteiger partial charge in [-0.1, -0.05) is 17.9 Å². The second-order valence-corrected chi connectivity index (χ2v) is 23.7. The van der Waals surface area contributed by atoms with Gasteiger partial charge in [-0.3, -0.25) is 23.7 Å². The molecule has 0 bridgehead atoms. The number of hydrogen-bond donors (Lipinski definition) is 6. The number of fused-ring (bicyclic) bond motifs is 4. The van der Waals surface area contributed by atoms with Crippen molar-refractivity contribution in [1.82, 2.24) is 19.4 Å². The van der Waals surface area contributed by atoms with Gasteiger partial charge in [0.2, 0.25) is 11.3 Å². The molecule has 6 N–H and O–H groups in total. The van der Waals surface area contributed by atoms with Crippen LogP contribution in [0.2, 0.25) is 0 Å². The lowest BCUT2D eigenvalue weighted by atomic mass is 9.88. The zero-order valence-corrected chi connectivity index (χ0v) is 42.1. The Morgan fingerprint density at radius 1 is 1.03 bits per heavy atom. The SMILES string of the molecule is CCN1c2cc3c(cc2C(C)=CC1(C)C)N=c1cc2c(cc1O3)=[N+](CCCC(=O)NCC#Cc1cn([C@H]3CC[C@@H](COP(=O)(O)OP(=O)(O)OP(=O)(O)O)O3)c(=O)[nH]c1=O)C(C)(C)C=C2CS(=O)(=O)[O-]. The van der Waals surface area contributed by atoms with Crippen LogP contribution in [0.5, 0.6) is 11.5 Å². The number of phosphoric ester groups is 1. The molecular weight excluding hydrogens is 1000 g/mol. The van der Waals surface area contributed by atoms with Gasteiger partial charge in [-0.2, -0.15) is 8.62 Å². The minimum Gasteiger partial charge on any atom is -0.748 e. The highest BCUT2D eigenvalue weighted by atomic mass is 32.2. The molecule has 5 heterocycles. The first-order chi connectivity index (χ1) is 32.4. The van der Waals surface area contributed by atoms with E-state index in [-0.39, 0.29) is 42.8 Å². The van der Waals surface area contributed by atoms with Gasteiger partial charge in [0.25, 0.3) is 5.56 Å². The summed E-state index contributed by atoms with van der Waals surface area (Å²) in [6, 6.07) is 7.47. The molecule has 0 aliphatic carbocycles. The highest BCUT2D eigenvalue weighted by molar-refractivity contribution is 7.86. The average molecular weight is 1050 g/mol. The van der Waals surface area contributed by atoms with Crippen molar-refractivity contribution in [3.05, 3.63) is 90.9 Å². The van der Waals surface area contributed by atoms with Crippen LogP contribution >= 0.6 is 23.5 Å². The first-order valence-electron chi connectivity index (χ1n) is 21.6. The Bertz CT molecular complexity index is 3310. The maximum atomic E-state index is 13.0. The first-order valence-corrected chi connectivity index (χ1v) is 27.7. The summed E-state index contributed by atoms with van der Waals surface area (Å²) < 4.78 is 98.2. The van der Waals surface area contributed by atoms with Gasteiger partial charge in [0.05, 0.1) is 52.3 Å². The number of carbonyl (C=O) groups excluding carboxylic acids is 1. The van der Waals surface area contributed by atoms with Crippen molar-refractivity contribution in [2.24, 2.45) is 4.99 Å². The maximum Gasteiger partial charge on any atom is 0.490 e. The van der Waals surface area contributed by atoms with Crippen molar-refractivity contribution in [3.63, 3.8) is 0 Å². The number of allylic oxidation sites excluding steroid dienone is 1. The van der Waals surface area contributed by atoms with Gasteiger partial charge in [-0.25, -0.2) is 36.5 Å². The number of likely N-dealkylation sites (N-methyl/N-ethyl adjacent to an activating group) is 1. The monoisotopic (exact) mass is 1050 g/mol. The Balaban J connectivity index is 1.02. The van der Waals surface area contributed by atoms with E-state index in [1.54, 1.807) is 18.2 Å². The number of benzene rings is 2. The van der Waals surface area contributed by atoms with Crippen LogP contribution in [0.4, 0.5) is 11.4 Å². The summed E-state index contributed by atoms with van der Waals surface area (Å²) >= 11 is 0. The van der Waals surface area contributed by atoms with Gasteiger partial charge >= 0.3 is 29.2 Å². The smallest absolute Gasteiger partial charge is 0.490 e. The lowest BCUT2D eigenvalue weighted by molar-refractivity contribution is -0.120. The summed E-state index contributed by atoms with van der Waals surface area (Å²) in [6.07, 6.45) is 3.64. The molecule has 4 atom stereocenters. The number of phosphoric acid groups is 3. The van der Waals surface area contributed by atoms with E-state index in [2.05, 4.69) is 74.0 Å². The van der Waals surface area contributed by atoms with E-state index in [0.717, 1.165) is 34.1 Å². The van der Waals surface area contributed by atoms with Crippen LogP contribution in [0.25, 0.3) is 11.1 Å². The zero-order chi connectivity index (χ0) is 51.4. The predicted molar refractivity (Wildman–Crippen MR) is 250 cm³/mol. The van der Waals surface area contributed by atoms with Gasteiger partial charge < -0.3 is 43.8 Å². The summed E-state index contributed by atoms with van der Waals surface area (Å²) in [7, 11) is -21.4. The van der Waals surface area contributed by atoms with Crippen LogP contribution in [0.3, 0.4) is 0 Å². The van der Waals surface area contributed by atoms with E-state index < -0.39 is 75.1 Å². The summed E-state index contributed by atoms with van der Waals surface area (Å²) in [6.45, 7) is 12.3. The van der Waals surface area contributed by atoms with E-state index in [9.17, 15) is 50.8 Å². The molecule has 4 aliphatic heterocycles. The number of nitrogens with zero attached hydrogens (tertiary/aromatic N) is 4. The molecule has 24 nitrogen and oxygen atoms in total. The molecule has 0 radical (unpaired) electrons. The van der Waals surface area contributed by atoms with Crippen molar-refractivity contribution < 1.29 is 73.7 Å². The molecule has 0 spiro atoms. The van der Waals surface area contributed by atoms with Crippen molar-refractivity contribution >= 4 is 62.0 Å². The van der Waals surface area contributed by atoms with Crippen LogP contribution < -0.4 is 41.5 Å². The summed E-state index contributed by atoms with van der Waals surface area (Å²) in [4.78, 5) is 84.1. The van der Waals surface area contributed by atoms with Crippen molar-refractivity contribution in [3.8, 4) is 23.3 Å². The number of H-pyrrole nitrogens is 1. The minimum absolute atomic E-state index is 0.0379. The van der Waals surface area contributed by atoms with Gasteiger partial charge in [0.1, 0.15) is 29.4 Å². The number of rotatable bonds is 16. The van der Waals surface area contributed by atoms with E-state index in [1.807, 2.05) is 30.6 Å². The number of aromatic nitrogens is 2. The standard InChI is InChI=1S/C42H51N6O18P3S/c1-7-47-33-18-35-31(16-29(33)25(2)20-41(47,3)4)44-32-17-30-27(24-70(59,60)61)21-42(5,6)48(34(30)19-36(32)64-35)15-9-11-37(49)43-14-8-10-26-22-46(40(51)45-39(26)50)38-13-12-28(63-38)23-62-68(55,56)66-69(57,58)65-67(52,53)54/h16-22,28,38H,7,9,11-15,23-24H2,1-6H3,(H6-,43,45,49,50,51,52,53,54,55,56,57,58,59,60,61)/t28-,38+/m0/s1. The molecule has 1 saturated heterocycles. The topological polar surface area (TPSA) is 338 Å². The summed E-state index contributed by atoms with van der Waals surface area (Å²) in [5, 5.41) is 3.72. The van der Waals surface area contributed by atoms with Crippen LogP contribution in [-0.4, -0.2) is 97.2 Å². The van der Waals surface area contributed by atoms with Gasteiger partial charge in [0, 0.05) is 56.7 Å². The fourth-order valence-corrected chi connectivity index (χ4v) is 12.6. The molecule has 70 heavy (non-hydrogen) atoms. The molecule has 0 saturated carbocycles. The Kier molecular flexibility index (Phi) is 14.8. The van der Waals surface area contributed by atoms with E-state index in [4.69, 9.17) is 24.3 Å². The molecule has 2 aromatic carbocycles. The number of ether oxygens (including phenoxy) is 2. The van der Waals surface area contributed by atoms with Gasteiger partial charge in [0.15, 0.2) is 17.0 Å². The van der Waals surface area contributed by atoms with Gasteiger partial charge in [-0.15, -0.1) is 0 Å². The summed E-state index contributed by atoms with van der Waals surface area (Å²) in [5.41, 5.74) is 1.61. The molecular formula is C42H51N6O18P3S. The molecule has 2 unspecified atom stereocenters. The third-order valence-corrected chi connectivity index (χ3v) is 16.2. The van der Waals surface area contributed by atoms with Crippen LogP contribution in [0.15, 0.2) is 57.2 Å². The average Bonchev–Trinajstić information content (AvgIpc) is 3.68. The highest BCUT2D eigenvalue weighted by Gasteiger charge is 2.42. The number of nitrogens with one attached hydrogen (secondary N) is 2. The molecule has 28 heteroatoms. The van der Waals surface area contributed by atoms with Crippen LogP contribution in [0.1, 0.15) is 90.1 Å². The second-order valence-electron chi connectivity index (χ2n) is 17.9. The van der Waals surface area contributed by atoms with Crippen LogP contribution in [-0.2, 0) is 46.5 Å². The van der Waals surface area contributed by atoms with E-state index in [0.29, 0.717) is 52.0 Å². The lowest BCUT2D eigenvalue weighted by Gasteiger charge is -2.43. The Morgan fingerprint density at radius 2 is 1.76 bits per heavy atom. The molecule has 1 amide bonds. The third-order valence-electron chi connectivity index (χ3n) is 11.7. The van der Waals surface area contributed by atoms with E-state index >= 15 is 0 Å². The molecule has 1 fully saturated rings. The molecule has 3 aromatic rings. The maximum absolute atomic E-state index is 13.0. The number of amides is 1. The van der Waals surface area contributed by atoms with Crippen molar-refractivity contribution in [2.45, 2.75) is 90.6 Å². The van der Waals surface area contributed by atoms with Crippen molar-refractivity contribution in [1.29, 1.82) is 0 Å². The predicted octanol–water partition coefficient (Wildman–Crippen LogP) is 2.80. The largest absolute Gasteiger partial charge is 0.748 e. The fraction of sp³-hybridized carbons (Fsp3) is 0.452. The minimum atomic E-state index is -5.73. The van der Waals surface area contributed by atoms with Crippen molar-refractivity contribution in [2.75, 3.05) is 36.9 Å². The number of hydrogen-bond acceptors (Lipinski definition) is 16. The fourth-order valence-electron chi connectivity index (χ4n) is 8.96. The number of carbonyl (C=O) groups is 1. The van der Waals surface area contributed by atoms with Crippen LogP contribution in [0, 0.1) is 11.8 Å². The normalized spacial score (nSPS) is 20.6. The lowest BCUT2D eigenvalue weighted by Crippen LogP contribution is -2.50. The Hall–Kier alpha value is -4.89. The zero-order valence-electron chi connectivity index (χ0n) is 38.6. The van der Waals surface area contributed by atoms with E-state index in [1.165, 1.54) is 0 Å². The Labute approximate surface area is 400 Å². The number of anilines is 1. The quantitative estimate of drug-likeness (QED) is 0.0407. The molecule has 4 aliphatic rings. The summed E-state index contributed by atoms with van der Waals surface area (Å²) in [5.74, 6) is 5.14. The number of aromatic amines is 1. The van der Waals surface area contributed by atoms with Gasteiger partial charge in [-0.05, 0) is 69.9 Å². The Morgan fingerprint density at radius 3 is 2.44 bits per heavy atom. The highest BCUT2D eigenvalue weighted by Crippen LogP contribution is 2.66. The second kappa shape index (κ2) is 19.6. The molecule has 378 valence electrons. The molecule has 7 rings (SSSR count). The first kappa shape index (κ1) is 52.9. The molecule has 1 aromatic heterocycles. The third kappa shape index (κ3) is 12.4.